The number of amides is 1. The van der Waals surface area contributed by atoms with Gasteiger partial charge in [0.1, 0.15) is 12.4 Å². The molecule has 0 saturated carbocycles. The SMILES string of the molecule is CC/C=C/C(=O)OCC(=O)Nc1ccc(OCc2ccccc2)cc1. The molecule has 0 saturated heterocycles. The fourth-order valence-corrected chi connectivity index (χ4v) is 1.97. The highest BCUT2D eigenvalue weighted by Gasteiger charge is 2.06. The second-order valence-electron chi connectivity index (χ2n) is 5.27. The van der Waals surface area contributed by atoms with Crippen molar-refractivity contribution in [3.63, 3.8) is 0 Å². The van der Waals surface area contributed by atoms with Crippen LogP contribution in [0, 0.1) is 0 Å². The van der Waals surface area contributed by atoms with E-state index >= 15 is 0 Å². The van der Waals surface area contributed by atoms with Crippen LogP contribution in [0.2, 0.25) is 0 Å². The van der Waals surface area contributed by atoms with Gasteiger partial charge in [0.2, 0.25) is 0 Å². The Morgan fingerprint density at radius 1 is 1.04 bits per heavy atom. The highest BCUT2D eigenvalue weighted by Crippen LogP contribution is 2.17. The van der Waals surface area contributed by atoms with Crippen molar-refractivity contribution in [1.82, 2.24) is 0 Å². The van der Waals surface area contributed by atoms with E-state index < -0.39 is 11.9 Å². The van der Waals surface area contributed by atoms with Crippen LogP contribution in [0.3, 0.4) is 0 Å². The number of ether oxygens (including phenoxy) is 2. The minimum absolute atomic E-state index is 0.320. The average molecular weight is 339 g/mol. The van der Waals surface area contributed by atoms with E-state index in [0.717, 1.165) is 12.0 Å². The molecule has 0 aliphatic carbocycles. The van der Waals surface area contributed by atoms with Crippen molar-refractivity contribution >= 4 is 17.6 Å². The van der Waals surface area contributed by atoms with Crippen molar-refractivity contribution in [2.45, 2.75) is 20.0 Å². The van der Waals surface area contributed by atoms with Crippen LogP contribution in [-0.2, 0) is 20.9 Å². The van der Waals surface area contributed by atoms with Crippen molar-refractivity contribution in [3.8, 4) is 5.75 Å². The quantitative estimate of drug-likeness (QED) is 0.588. The third kappa shape index (κ3) is 6.91. The van der Waals surface area contributed by atoms with Crippen molar-refractivity contribution in [3.05, 3.63) is 72.3 Å². The Morgan fingerprint density at radius 3 is 2.44 bits per heavy atom. The molecular formula is C20H21NO4. The number of nitrogens with one attached hydrogen (secondary N) is 1. The van der Waals surface area contributed by atoms with E-state index in [-0.39, 0.29) is 6.61 Å². The minimum Gasteiger partial charge on any atom is -0.489 e. The van der Waals surface area contributed by atoms with Gasteiger partial charge in [0.15, 0.2) is 6.61 Å². The summed E-state index contributed by atoms with van der Waals surface area (Å²) >= 11 is 0. The van der Waals surface area contributed by atoms with Gasteiger partial charge in [-0.15, -0.1) is 0 Å². The first-order chi connectivity index (χ1) is 12.2. The Labute approximate surface area is 147 Å². The van der Waals surface area contributed by atoms with Crippen molar-refractivity contribution in [2.24, 2.45) is 0 Å². The van der Waals surface area contributed by atoms with Gasteiger partial charge in [-0.1, -0.05) is 43.3 Å². The van der Waals surface area contributed by atoms with Crippen LogP contribution in [0.15, 0.2) is 66.7 Å². The Hall–Kier alpha value is -3.08. The third-order valence-electron chi connectivity index (χ3n) is 3.22. The van der Waals surface area contributed by atoms with Gasteiger partial charge in [0.05, 0.1) is 0 Å². The highest BCUT2D eigenvalue weighted by atomic mass is 16.5. The molecule has 0 bridgehead atoms. The van der Waals surface area contributed by atoms with Gasteiger partial charge in [0, 0.05) is 11.8 Å². The molecule has 0 aliphatic heterocycles. The molecule has 0 atom stereocenters. The first kappa shape index (κ1) is 18.3. The molecule has 0 unspecified atom stereocenters. The zero-order chi connectivity index (χ0) is 17.9. The zero-order valence-electron chi connectivity index (χ0n) is 14.1. The number of carbonyl (C=O) groups is 2. The lowest BCUT2D eigenvalue weighted by Crippen LogP contribution is -2.20. The molecule has 1 N–H and O–H groups in total. The van der Waals surface area contributed by atoms with Gasteiger partial charge in [-0.3, -0.25) is 4.79 Å². The summed E-state index contributed by atoms with van der Waals surface area (Å²) in [7, 11) is 0. The Morgan fingerprint density at radius 2 is 1.76 bits per heavy atom. The molecule has 5 nitrogen and oxygen atoms in total. The first-order valence-corrected chi connectivity index (χ1v) is 8.07. The average Bonchev–Trinajstić information content (AvgIpc) is 2.65. The first-order valence-electron chi connectivity index (χ1n) is 8.07. The molecule has 0 spiro atoms. The molecule has 5 heteroatoms. The van der Waals surface area contributed by atoms with E-state index in [9.17, 15) is 9.59 Å². The van der Waals surface area contributed by atoms with E-state index in [0.29, 0.717) is 18.0 Å². The van der Waals surface area contributed by atoms with Crippen molar-refractivity contribution in [1.29, 1.82) is 0 Å². The summed E-state index contributed by atoms with van der Waals surface area (Å²) < 4.78 is 10.5. The van der Waals surface area contributed by atoms with Crippen LogP contribution in [0.1, 0.15) is 18.9 Å². The topological polar surface area (TPSA) is 64.6 Å². The van der Waals surface area contributed by atoms with E-state index in [4.69, 9.17) is 9.47 Å². The summed E-state index contributed by atoms with van der Waals surface area (Å²) in [4.78, 5) is 23.0. The fourth-order valence-electron chi connectivity index (χ4n) is 1.97. The minimum atomic E-state index is -0.526. The number of benzene rings is 2. The Balaban J connectivity index is 1.76. The van der Waals surface area contributed by atoms with Gasteiger partial charge < -0.3 is 14.8 Å². The molecule has 0 heterocycles. The summed E-state index contributed by atoms with van der Waals surface area (Å²) in [5.74, 6) is -0.212. The van der Waals surface area contributed by atoms with E-state index in [1.165, 1.54) is 6.08 Å². The van der Waals surface area contributed by atoms with E-state index in [2.05, 4.69) is 5.32 Å². The molecule has 0 aromatic heterocycles. The number of allylic oxidation sites excluding steroid dienone is 1. The molecule has 0 radical (unpaired) electrons. The summed E-state index contributed by atoms with van der Waals surface area (Å²) in [5.41, 5.74) is 1.69. The maximum atomic E-state index is 11.7. The lowest BCUT2D eigenvalue weighted by Gasteiger charge is -2.08. The molecule has 0 fully saturated rings. The van der Waals surface area contributed by atoms with Crippen LogP contribution in [0.5, 0.6) is 5.75 Å². The van der Waals surface area contributed by atoms with E-state index in [1.54, 1.807) is 30.3 Å². The fraction of sp³-hybridized carbons (Fsp3) is 0.200. The monoisotopic (exact) mass is 339 g/mol. The zero-order valence-corrected chi connectivity index (χ0v) is 14.1. The maximum Gasteiger partial charge on any atom is 0.330 e. The lowest BCUT2D eigenvalue weighted by molar-refractivity contribution is -0.142. The number of esters is 1. The summed E-state index contributed by atoms with van der Waals surface area (Å²) in [6.07, 6.45) is 3.72. The number of hydrogen-bond donors (Lipinski definition) is 1. The number of carbonyl (C=O) groups excluding carboxylic acids is 2. The Bertz CT molecular complexity index is 708. The second-order valence-corrected chi connectivity index (χ2v) is 5.27. The normalized spacial score (nSPS) is 10.4. The molecule has 25 heavy (non-hydrogen) atoms. The van der Waals surface area contributed by atoms with Crippen LogP contribution in [0.4, 0.5) is 5.69 Å². The lowest BCUT2D eigenvalue weighted by atomic mass is 10.2. The van der Waals surface area contributed by atoms with Crippen molar-refractivity contribution in [2.75, 3.05) is 11.9 Å². The largest absolute Gasteiger partial charge is 0.489 e. The predicted molar refractivity (Wildman–Crippen MR) is 96.2 cm³/mol. The summed E-state index contributed by atoms with van der Waals surface area (Å²) in [6, 6.07) is 16.9. The van der Waals surface area contributed by atoms with Gasteiger partial charge >= 0.3 is 5.97 Å². The summed E-state index contributed by atoms with van der Waals surface area (Å²) in [5, 5.41) is 2.66. The molecule has 2 aromatic carbocycles. The van der Waals surface area contributed by atoms with Gasteiger partial charge in [-0.05, 0) is 36.2 Å². The predicted octanol–water partition coefficient (Wildman–Crippen LogP) is 3.71. The molecule has 0 aliphatic rings. The van der Waals surface area contributed by atoms with Crippen LogP contribution in [0.25, 0.3) is 0 Å². The molecule has 130 valence electrons. The van der Waals surface area contributed by atoms with E-state index in [1.807, 2.05) is 37.3 Å². The molecule has 2 rings (SSSR count). The van der Waals surface area contributed by atoms with Crippen LogP contribution < -0.4 is 10.1 Å². The maximum absolute atomic E-state index is 11.7. The summed E-state index contributed by atoms with van der Waals surface area (Å²) in [6.45, 7) is 2.07. The number of rotatable bonds is 8. The number of anilines is 1. The van der Waals surface area contributed by atoms with Crippen molar-refractivity contribution < 1.29 is 19.1 Å². The second kappa shape index (κ2) is 9.93. The third-order valence-corrected chi connectivity index (χ3v) is 3.22. The Kier molecular flexibility index (Phi) is 7.25. The highest BCUT2D eigenvalue weighted by molar-refractivity contribution is 5.93. The standard InChI is InChI=1S/C20H21NO4/c1-2-3-9-20(23)25-15-19(22)21-17-10-12-18(13-11-17)24-14-16-7-5-4-6-8-16/h3-13H,2,14-15H2,1H3,(H,21,22)/b9-3+. The molecule has 2 aromatic rings. The van der Waals surface area contributed by atoms with Gasteiger partial charge in [0.25, 0.3) is 5.91 Å². The number of hydrogen-bond acceptors (Lipinski definition) is 4. The van der Waals surface area contributed by atoms with Crippen LogP contribution >= 0.6 is 0 Å². The van der Waals surface area contributed by atoms with Crippen LogP contribution in [-0.4, -0.2) is 18.5 Å². The molecular weight excluding hydrogens is 318 g/mol. The van der Waals surface area contributed by atoms with Gasteiger partial charge in [-0.2, -0.15) is 0 Å². The van der Waals surface area contributed by atoms with Gasteiger partial charge in [-0.25, -0.2) is 4.79 Å². The molecule has 1 amide bonds. The smallest absolute Gasteiger partial charge is 0.330 e.